The zero-order chi connectivity index (χ0) is 17.7. The molecule has 0 aliphatic rings. The Morgan fingerprint density at radius 2 is 1.05 bits per heavy atom. The number of rotatable bonds is 6. The van der Waals surface area contributed by atoms with E-state index in [-0.39, 0.29) is 18.5 Å². The van der Waals surface area contributed by atoms with Crippen LogP contribution in [-0.4, -0.2) is 33.2 Å². The van der Waals surface area contributed by atoms with E-state index in [0.717, 1.165) is 0 Å². The SMILES string of the molecule is CCCP(=O)(O)O.CCCP(=O)([O-])O.CCCP(=O)([O-])[O-]. The van der Waals surface area contributed by atoms with E-state index in [1.807, 2.05) is 0 Å². The fourth-order valence-corrected chi connectivity index (χ4v) is 2.54. The summed E-state index contributed by atoms with van der Waals surface area (Å²) < 4.78 is 29.4. The van der Waals surface area contributed by atoms with Crippen molar-refractivity contribution < 1.29 is 43.1 Å². The summed E-state index contributed by atoms with van der Waals surface area (Å²) in [5.41, 5.74) is 0. The Balaban J connectivity index is -0.000000231. The first kappa shape index (κ1) is 26.4. The Bertz CT molecular complexity index is 310. The Morgan fingerprint density at radius 1 is 0.714 bits per heavy atom. The molecular weight excluding hydrogens is 345 g/mol. The summed E-state index contributed by atoms with van der Waals surface area (Å²) >= 11 is 0. The molecule has 3 N–H and O–H groups in total. The molecule has 0 aliphatic carbocycles. The summed E-state index contributed by atoms with van der Waals surface area (Å²) in [5, 5.41) is 0. The van der Waals surface area contributed by atoms with Crippen LogP contribution in [0.1, 0.15) is 40.0 Å². The van der Waals surface area contributed by atoms with Crippen molar-refractivity contribution in [1.82, 2.24) is 0 Å². The van der Waals surface area contributed by atoms with Gasteiger partial charge in [0, 0.05) is 12.3 Å². The molecule has 9 nitrogen and oxygen atoms in total. The minimum Gasteiger partial charge on any atom is -0.811 e. The summed E-state index contributed by atoms with van der Waals surface area (Å²) in [7, 11) is -11.7. The lowest BCUT2D eigenvalue weighted by Crippen LogP contribution is -2.15. The van der Waals surface area contributed by atoms with Crippen LogP contribution in [0.15, 0.2) is 0 Å². The monoisotopic (exact) mass is 369 g/mol. The summed E-state index contributed by atoms with van der Waals surface area (Å²) in [5.74, 6) is 0. The lowest BCUT2D eigenvalue weighted by atomic mass is 10.6. The number of hydrogen-bond donors (Lipinski definition) is 3. The highest BCUT2D eigenvalue weighted by atomic mass is 31.2. The maximum Gasteiger partial charge on any atom is 0.325 e. The predicted octanol–water partition coefficient (Wildman–Crippen LogP) is -0.174. The van der Waals surface area contributed by atoms with Crippen molar-refractivity contribution >= 4 is 22.8 Å². The molecule has 0 amide bonds. The molecule has 0 saturated heterocycles. The van der Waals surface area contributed by atoms with Gasteiger partial charge >= 0.3 is 7.60 Å². The normalized spacial score (nSPS) is 14.1. The van der Waals surface area contributed by atoms with Gasteiger partial charge in [0.25, 0.3) is 0 Å². The van der Waals surface area contributed by atoms with Gasteiger partial charge in [-0.25, -0.2) is 0 Å². The Labute approximate surface area is 125 Å². The summed E-state index contributed by atoms with van der Waals surface area (Å²) in [4.78, 5) is 53.5. The highest BCUT2D eigenvalue weighted by Crippen LogP contribution is 2.34. The van der Waals surface area contributed by atoms with E-state index in [1.165, 1.54) is 0 Å². The molecule has 12 heteroatoms. The van der Waals surface area contributed by atoms with E-state index in [1.54, 1.807) is 20.8 Å². The van der Waals surface area contributed by atoms with E-state index < -0.39 is 22.8 Å². The number of hydrogen-bond acceptors (Lipinski definition) is 6. The van der Waals surface area contributed by atoms with Crippen LogP contribution in [0.4, 0.5) is 0 Å². The molecular formula is C9H24O9P3-3. The minimum atomic E-state index is -4.17. The summed E-state index contributed by atoms with van der Waals surface area (Å²) in [6.45, 7) is 5.09. The van der Waals surface area contributed by atoms with Crippen LogP contribution in [0.5, 0.6) is 0 Å². The van der Waals surface area contributed by atoms with E-state index in [0.29, 0.717) is 19.3 Å². The third-order valence-electron chi connectivity index (χ3n) is 1.52. The highest BCUT2D eigenvalue weighted by molar-refractivity contribution is 7.51. The molecule has 132 valence electrons. The van der Waals surface area contributed by atoms with Gasteiger partial charge in [-0.15, -0.1) is 0 Å². The highest BCUT2D eigenvalue weighted by Gasteiger charge is 2.08. The quantitative estimate of drug-likeness (QED) is 0.535. The molecule has 0 rings (SSSR count). The average Bonchev–Trinajstić information content (AvgIpc) is 2.12. The first-order chi connectivity index (χ1) is 9.18. The van der Waals surface area contributed by atoms with Crippen molar-refractivity contribution in [3.63, 3.8) is 0 Å². The van der Waals surface area contributed by atoms with E-state index in [4.69, 9.17) is 14.7 Å². The molecule has 21 heavy (non-hydrogen) atoms. The molecule has 0 heterocycles. The lowest BCUT2D eigenvalue weighted by molar-refractivity contribution is -0.313. The maximum atomic E-state index is 9.93. The van der Waals surface area contributed by atoms with Crippen LogP contribution in [0.25, 0.3) is 0 Å². The van der Waals surface area contributed by atoms with Crippen molar-refractivity contribution in [2.24, 2.45) is 0 Å². The fourth-order valence-electron chi connectivity index (χ4n) is 0.848. The van der Waals surface area contributed by atoms with Gasteiger partial charge in [-0.05, 0) is 19.0 Å². The van der Waals surface area contributed by atoms with Crippen molar-refractivity contribution in [3.05, 3.63) is 0 Å². The molecule has 1 atom stereocenters. The molecule has 0 saturated carbocycles. The second kappa shape index (κ2) is 12.9. The van der Waals surface area contributed by atoms with Crippen LogP contribution < -0.4 is 14.7 Å². The van der Waals surface area contributed by atoms with Gasteiger partial charge in [0.15, 0.2) is 0 Å². The smallest absolute Gasteiger partial charge is 0.325 e. The second-order valence-corrected chi connectivity index (χ2v) is 9.25. The first-order valence-corrected chi connectivity index (χ1v) is 11.6. The molecule has 0 aromatic rings. The van der Waals surface area contributed by atoms with Crippen LogP contribution >= 0.6 is 22.8 Å². The molecule has 0 fully saturated rings. The van der Waals surface area contributed by atoms with Gasteiger partial charge in [0.05, 0.1) is 0 Å². The lowest BCUT2D eigenvalue weighted by Gasteiger charge is -2.28. The molecule has 0 aliphatic heterocycles. The average molecular weight is 369 g/mol. The molecule has 0 radical (unpaired) electrons. The van der Waals surface area contributed by atoms with Crippen molar-refractivity contribution in [3.8, 4) is 0 Å². The minimum absolute atomic E-state index is 0.00694. The van der Waals surface area contributed by atoms with Crippen molar-refractivity contribution in [2.45, 2.75) is 40.0 Å². The van der Waals surface area contributed by atoms with Crippen LogP contribution in [0, 0.1) is 0 Å². The second-order valence-electron chi connectivity index (χ2n) is 4.08. The standard InChI is InChI=1S/3C3H9O3P/c3*1-2-3-7(4,5)6/h3*2-3H2,1H3,(H2,4,5,6)/p-3. The van der Waals surface area contributed by atoms with Gasteiger partial charge in [0.1, 0.15) is 7.60 Å². The largest absolute Gasteiger partial charge is 0.811 e. The third kappa shape index (κ3) is 44.9. The summed E-state index contributed by atoms with van der Waals surface area (Å²) in [6.07, 6.45) is 1.14. The molecule has 0 aromatic carbocycles. The Kier molecular flexibility index (Phi) is 16.2. The van der Waals surface area contributed by atoms with Gasteiger partial charge in [-0.1, -0.05) is 34.8 Å². The molecule has 0 aromatic heterocycles. The van der Waals surface area contributed by atoms with Gasteiger partial charge in [-0.3, -0.25) is 4.57 Å². The third-order valence-corrected chi connectivity index (χ3v) is 4.56. The van der Waals surface area contributed by atoms with Crippen molar-refractivity contribution in [2.75, 3.05) is 18.5 Å². The van der Waals surface area contributed by atoms with Gasteiger partial charge < -0.3 is 38.5 Å². The van der Waals surface area contributed by atoms with Crippen molar-refractivity contribution in [1.29, 1.82) is 0 Å². The van der Waals surface area contributed by atoms with E-state index in [9.17, 15) is 28.4 Å². The summed E-state index contributed by atoms with van der Waals surface area (Å²) in [6, 6.07) is 0. The Hall–Kier alpha value is 0.450. The Morgan fingerprint density at radius 3 is 1.05 bits per heavy atom. The fraction of sp³-hybridized carbons (Fsp3) is 1.00. The molecule has 0 bridgehead atoms. The van der Waals surface area contributed by atoms with Gasteiger partial charge in [0.2, 0.25) is 0 Å². The van der Waals surface area contributed by atoms with Crippen LogP contribution in [0.3, 0.4) is 0 Å². The molecule has 0 spiro atoms. The zero-order valence-corrected chi connectivity index (χ0v) is 15.1. The maximum absolute atomic E-state index is 9.93. The van der Waals surface area contributed by atoms with Crippen LogP contribution in [0.2, 0.25) is 0 Å². The topological polar surface area (TPSA) is 181 Å². The predicted molar refractivity (Wildman–Crippen MR) is 74.9 cm³/mol. The molecule has 1 unspecified atom stereocenters. The van der Waals surface area contributed by atoms with Gasteiger partial charge in [-0.2, -0.15) is 0 Å². The van der Waals surface area contributed by atoms with E-state index >= 15 is 0 Å². The van der Waals surface area contributed by atoms with E-state index in [2.05, 4.69) is 0 Å². The first-order valence-electron chi connectivity index (χ1n) is 6.27. The zero-order valence-electron chi connectivity index (χ0n) is 12.4. The van der Waals surface area contributed by atoms with Crippen LogP contribution in [-0.2, 0) is 13.7 Å².